The number of hydrogen-bond donors (Lipinski definition) is 0. The molecular formula is C18H28BN3O4. The molecule has 0 amide bonds. The SMILES string of the molecule is CCN1CCN(c2ccc(B3OC(C)(C)C(C)(C)O3)cc2[N+](=O)[O-])CC1. The zero-order chi connectivity index (χ0) is 19.1. The van der Waals surface area contributed by atoms with Gasteiger partial charge in [0.1, 0.15) is 5.69 Å². The molecule has 8 heteroatoms. The highest BCUT2D eigenvalue weighted by molar-refractivity contribution is 6.62. The third kappa shape index (κ3) is 3.45. The summed E-state index contributed by atoms with van der Waals surface area (Å²) in [4.78, 5) is 15.8. The van der Waals surface area contributed by atoms with Crippen LogP contribution in [0.3, 0.4) is 0 Å². The van der Waals surface area contributed by atoms with E-state index in [-0.39, 0.29) is 10.6 Å². The Bertz CT molecular complexity index is 671. The maximum atomic E-state index is 11.7. The highest BCUT2D eigenvalue weighted by Gasteiger charge is 2.52. The second-order valence-corrected chi connectivity index (χ2v) is 8.01. The lowest BCUT2D eigenvalue weighted by atomic mass is 9.78. The van der Waals surface area contributed by atoms with Gasteiger partial charge in [0, 0.05) is 32.2 Å². The number of nitro groups is 1. The molecule has 0 atom stereocenters. The van der Waals surface area contributed by atoms with Crippen molar-refractivity contribution in [3.05, 3.63) is 28.3 Å². The van der Waals surface area contributed by atoms with Crippen molar-refractivity contribution >= 4 is 24.0 Å². The van der Waals surface area contributed by atoms with Gasteiger partial charge in [0.2, 0.25) is 0 Å². The van der Waals surface area contributed by atoms with E-state index in [0.717, 1.165) is 32.7 Å². The standard InChI is InChI=1S/C18H28BN3O4/c1-6-20-9-11-21(12-10-20)15-8-7-14(13-16(15)22(23)24)19-25-17(2,3)18(4,5)26-19/h7-8,13H,6,9-12H2,1-5H3. The molecule has 0 radical (unpaired) electrons. The predicted octanol–water partition coefficient (Wildman–Crippen LogP) is 2.04. The molecule has 2 fully saturated rings. The molecule has 1 aromatic carbocycles. The molecular weight excluding hydrogens is 333 g/mol. The minimum Gasteiger partial charge on any atom is -0.399 e. The summed E-state index contributed by atoms with van der Waals surface area (Å²) in [6.07, 6.45) is 0. The molecule has 0 N–H and O–H groups in total. The first-order chi connectivity index (χ1) is 12.1. The lowest BCUT2D eigenvalue weighted by molar-refractivity contribution is -0.384. The lowest BCUT2D eigenvalue weighted by Gasteiger charge is -2.35. The van der Waals surface area contributed by atoms with E-state index in [0.29, 0.717) is 11.2 Å². The van der Waals surface area contributed by atoms with Crippen LogP contribution in [-0.4, -0.2) is 60.9 Å². The van der Waals surface area contributed by atoms with Crippen LogP contribution in [0, 0.1) is 10.1 Å². The number of nitro benzene ring substituents is 1. The number of likely N-dealkylation sites (N-methyl/N-ethyl adjacent to an activating group) is 1. The van der Waals surface area contributed by atoms with Crippen molar-refractivity contribution in [3.8, 4) is 0 Å². The van der Waals surface area contributed by atoms with Crippen LogP contribution in [-0.2, 0) is 9.31 Å². The summed E-state index contributed by atoms with van der Waals surface area (Å²) in [5.41, 5.74) is 0.530. The molecule has 2 aliphatic heterocycles. The largest absolute Gasteiger partial charge is 0.495 e. The van der Waals surface area contributed by atoms with Gasteiger partial charge in [-0.05, 0) is 45.8 Å². The van der Waals surface area contributed by atoms with Crippen LogP contribution >= 0.6 is 0 Å². The summed E-state index contributed by atoms with van der Waals surface area (Å²) in [5.74, 6) is 0. The molecule has 2 heterocycles. The Labute approximate surface area is 155 Å². The Kier molecular flexibility index (Phi) is 5.03. The quantitative estimate of drug-likeness (QED) is 0.465. The van der Waals surface area contributed by atoms with Gasteiger partial charge >= 0.3 is 7.12 Å². The van der Waals surface area contributed by atoms with Crippen LogP contribution in [0.15, 0.2) is 18.2 Å². The average Bonchev–Trinajstić information content (AvgIpc) is 2.82. The lowest BCUT2D eigenvalue weighted by Crippen LogP contribution is -2.46. The second kappa shape index (κ2) is 6.83. The Morgan fingerprint density at radius 2 is 1.69 bits per heavy atom. The Morgan fingerprint density at radius 3 is 2.19 bits per heavy atom. The smallest absolute Gasteiger partial charge is 0.399 e. The van der Waals surface area contributed by atoms with Crippen molar-refractivity contribution in [2.45, 2.75) is 45.8 Å². The van der Waals surface area contributed by atoms with E-state index in [1.807, 2.05) is 39.8 Å². The van der Waals surface area contributed by atoms with Gasteiger partial charge in [0.25, 0.3) is 5.69 Å². The molecule has 0 aromatic heterocycles. The van der Waals surface area contributed by atoms with E-state index in [2.05, 4.69) is 16.7 Å². The van der Waals surface area contributed by atoms with Gasteiger partial charge in [-0.2, -0.15) is 0 Å². The molecule has 142 valence electrons. The summed E-state index contributed by atoms with van der Waals surface area (Å²) in [5, 5.41) is 11.7. The molecule has 26 heavy (non-hydrogen) atoms. The summed E-state index contributed by atoms with van der Waals surface area (Å²) >= 11 is 0. The van der Waals surface area contributed by atoms with Crippen molar-refractivity contribution in [2.75, 3.05) is 37.6 Å². The number of nitrogens with zero attached hydrogens (tertiary/aromatic N) is 3. The van der Waals surface area contributed by atoms with Crippen molar-refractivity contribution in [1.29, 1.82) is 0 Å². The first kappa shape index (κ1) is 19.1. The second-order valence-electron chi connectivity index (χ2n) is 8.01. The van der Waals surface area contributed by atoms with Gasteiger partial charge in [-0.3, -0.25) is 10.1 Å². The third-order valence-corrected chi connectivity index (χ3v) is 5.88. The first-order valence-electron chi connectivity index (χ1n) is 9.26. The topological polar surface area (TPSA) is 68.1 Å². The van der Waals surface area contributed by atoms with E-state index < -0.39 is 18.3 Å². The molecule has 1 aromatic rings. The molecule has 0 aliphatic carbocycles. The number of anilines is 1. The van der Waals surface area contributed by atoms with Crippen LogP contribution in [0.1, 0.15) is 34.6 Å². The van der Waals surface area contributed by atoms with Crippen molar-refractivity contribution in [3.63, 3.8) is 0 Å². The zero-order valence-corrected chi connectivity index (χ0v) is 16.3. The van der Waals surface area contributed by atoms with Gasteiger partial charge in [-0.25, -0.2) is 0 Å². The van der Waals surface area contributed by atoms with Crippen molar-refractivity contribution in [1.82, 2.24) is 4.90 Å². The van der Waals surface area contributed by atoms with E-state index in [4.69, 9.17) is 9.31 Å². The van der Waals surface area contributed by atoms with Crippen LogP contribution in [0.2, 0.25) is 0 Å². The highest BCUT2D eigenvalue weighted by atomic mass is 16.7. The van der Waals surface area contributed by atoms with E-state index >= 15 is 0 Å². The zero-order valence-electron chi connectivity index (χ0n) is 16.3. The minimum atomic E-state index is -0.593. The minimum absolute atomic E-state index is 0.113. The molecule has 0 bridgehead atoms. The van der Waals surface area contributed by atoms with Crippen LogP contribution < -0.4 is 10.4 Å². The van der Waals surface area contributed by atoms with Crippen LogP contribution in [0.5, 0.6) is 0 Å². The normalized spacial score (nSPS) is 22.7. The summed E-state index contributed by atoms with van der Waals surface area (Å²) in [7, 11) is -0.593. The maximum absolute atomic E-state index is 11.7. The third-order valence-electron chi connectivity index (χ3n) is 5.88. The molecule has 0 spiro atoms. The Morgan fingerprint density at radius 1 is 1.12 bits per heavy atom. The number of rotatable bonds is 4. The summed E-state index contributed by atoms with van der Waals surface area (Å²) in [6, 6.07) is 5.32. The van der Waals surface area contributed by atoms with Gasteiger partial charge in [0.15, 0.2) is 0 Å². The average molecular weight is 361 g/mol. The maximum Gasteiger partial charge on any atom is 0.495 e. The van der Waals surface area contributed by atoms with Gasteiger partial charge in [-0.1, -0.05) is 13.0 Å². The monoisotopic (exact) mass is 361 g/mol. The van der Waals surface area contributed by atoms with Crippen LogP contribution in [0.25, 0.3) is 0 Å². The fourth-order valence-electron chi connectivity index (χ4n) is 3.38. The summed E-state index contributed by atoms with van der Waals surface area (Å²) < 4.78 is 12.1. The number of piperazine rings is 1. The van der Waals surface area contributed by atoms with E-state index in [1.165, 1.54) is 0 Å². The first-order valence-corrected chi connectivity index (χ1v) is 9.26. The Hall–Kier alpha value is -1.64. The van der Waals surface area contributed by atoms with E-state index in [1.54, 1.807) is 6.07 Å². The Balaban J connectivity index is 1.86. The predicted molar refractivity (Wildman–Crippen MR) is 103 cm³/mol. The summed E-state index contributed by atoms with van der Waals surface area (Å²) in [6.45, 7) is 14.5. The molecule has 7 nitrogen and oxygen atoms in total. The van der Waals surface area contributed by atoms with Gasteiger partial charge < -0.3 is 19.1 Å². The highest BCUT2D eigenvalue weighted by Crippen LogP contribution is 2.37. The fraction of sp³-hybridized carbons (Fsp3) is 0.667. The van der Waals surface area contributed by atoms with E-state index in [9.17, 15) is 10.1 Å². The van der Waals surface area contributed by atoms with Crippen molar-refractivity contribution in [2.24, 2.45) is 0 Å². The van der Waals surface area contributed by atoms with Crippen molar-refractivity contribution < 1.29 is 14.2 Å². The van der Waals surface area contributed by atoms with Gasteiger partial charge in [0.05, 0.1) is 16.1 Å². The number of hydrogen-bond acceptors (Lipinski definition) is 6. The molecule has 2 saturated heterocycles. The number of benzene rings is 1. The molecule has 0 saturated carbocycles. The molecule has 3 rings (SSSR count). The van der Waals surface area contributed by atoms with Crippen LogP contribution in [0.4, 0.5) is 11.4 Å². The molecule has 2 aliphatic rings. The fourth-order valence-corrected chi connectivity index (χ4v) is 3.38. The molecule has 0 unspecified atom stereocenters. The van der Waals surface area contributed by atoms with Gasteiger partial charge in [-0.15, -0.1) is 0 Å².